The van der Waals surface area contributed by atoms with E-state index in [1.54, 1.807) is 6.92 Å². The van der Waals surface area contributed by atoms with Gasteiger partial charge in [-0.2, -0.15) is 0 Å². The number of carboxylic acid groups (broad SMARTS) is 1. The van der Waals surface area contributed by atoms with Crippen LogP contribution >= 0.6 is 0 Å². The molecule has 18 heavy (non-hydrogen) atoms. The molecule has 0 saturated carbocycles. The molecule has 0 atom stereocenters. The second-order valence-corrected chi connectivity index (χ2v) is 3.65. The van der Waals surface area contributed by atoms with Crippen molar-refractivity contribution in [2.45, 2.75) is 19.8 Å². The number of hydrogen-bond acceptors (Lipinski definition) is 4. The minimum Gasteiger partial charge on any atom is -0.481 e. The normalized spacial score (nSPS) is 9.83. The van der Waals surface area contributed by atoms with Gasteiger partial charge in [-0.1, -0.05) is 6.07 Å². The van der Waals surface area contributed by atoms with Crippen LogP contribution in [-0.4, -0.2) is 29.9 Å². The van der Waals surface area contributed by atoms with Gasteiger partial charge in [0, 0.05) is 12.0 Å². The van der Waals surface area contributed by atoms with Gasteiger partial charge < -0.3 is 9.84 Å². The summed E-state index contributed by atoms with van der Waals surface area (Å²) in [6.45, 7) is 1.96. The number of aryl methyl sites for hydroxylation is 1. The standard InChI is InChI=1S/C13H14O5/c1-2-18-13(17)10-3-4-11(8-14)9(7-10)5-6-12(15)16/h3-4,7-8H,2,5-6H2,1H3,(H,15,16). The van der Waals surface area contributed by atoms with E-state index in [0.29, 0.717) is 23.0 Å². The first-order chi connectivity index (χ1) is 8.58. The van der Waals surface area contributed by atoms with Crippen molar-refractivity contribution in [2.24, 2.45) is 0 Å². The third-order valence-electron chi connectivity index (χ3n) is 2.39. The van der Waals surface area contributed by atoms with E-state index >= 15 is 0 Å². The van der Waals surface area contributed by atoms with Crippen molar-refractivity contribution in [2.75, 3.05) is 6.61 Å². The Bertz CT molecular complexity index is 464. The summed E-state index contributed by atoms with van der Waals surface area (Å²) < 4.78 is 4.84. The Morgan fingerprint density at radius 3 is 2.67 bits per heavy atom. The highest BCUT2D eigenvalue weighted by Gasteiger charge is 2.11. The van der Waals surface area contributed by atoms with Crippen LogP contribution in [-0.2, 0) is 16.0 Å². The van der Waals surface area contributed by atoms with Crippen molar-refractivity contribution in [3.8, 4) is 0 Å². The zero-order valence-corrected chi connectivity index (χ0v) is 10.0. The highest BCUT2D eigenvalue weighted by atomic mass is 16.5. The molecule has 0 aliphatic rings. The summed E-state index contributed by atoms with van der Waals surface area (Å²) in [4.78, 5) is 32.8. The molecule has 1 aromatic carbocycles. The summed E-state index contributed by atoms with van der Waals surface area (Å²) >= 11 is 0. The number of aliphatic carboxylic acids is 1. The van der Waals surface area contributed by atoms with Crippen molar-refractivity contribution in [1.29, 1.82) is 0 Å². The molecule has 5 heteroatoms. The highest BCUT2D eigenvalue weighted by Crippen LogP contribution is 2.14. The SMILES string of the molecule is CCOC(=O)c1ccc(C=O)c(CCC(=O)O)c1. The first kappa shape index (κ1) is 13.9. The van der Waals surface area contributed by atoms with E-state index in [2.05, 4.69) is 0 Å². The minimum absolute atomic E-state index is 0.0902. The molecule has 96 valence electrons. The van der Waals surface area contributed by atoms with Crippen LogP contribution in [0.1, 0.15) is 39.6 Å². The number of aldehydes is 1. The molecule has 0 unspecified atom stereocenters. The Balaban J connectivity index is 2.97. The molecule has 0 amide bonds. The van der Waals surface area contributed by atoms with Crippen molar-refractivity contribution < 1.29 is 24.2 Å². The van der Waals surface area contributed by atoms with Gasteiger partial charge in [0.05, 0.1) is 12.2 Å². The number of benzene rings is 1. The molecule has 0 spiro atoms. The summed E-state index contributed by atoms with van der Waals surface area (Å²) in [6.07, 6.45) is 0.760. The molecule has 1 rings (SSSR count). The molecule has 0 fully saturated rings. The Labute approximate surface area is 104 Å². The summed E-state index contributed by atoms with van der Waals surface area (Å²) in [7, 11) is 0. The Morgan fingerprint density at radius 1 is 1.39 bits per heavy atom. The minimum atomic E-state index is -0.951. The summed E-state index contributed by atoms with van der Waals surface area (Å²) in [6, 6.07) is 4.49. The second-order valence-electron chi connectivity index (χ2n) is 3.65. The van der Waals surface area contributed by atoms with E-state index in [1.807, 2.05) is 0 Å². The number of ether oxygens (including phenoxy) is 1. The molecule has 1 N–H and O–H groups in total. The van der Waals surface area contributed by atoms with E-state index < -0.39 is 11.9 Å². The lowest BCUT2D eigenvalue weighted by molar-refractivity contribution is -0.136. The number of carbonyl (C=O) groups excluding carboxylic acids is 2. The van der Waals surface area contributed by atoms with Crippen LogP contribution in [0.25, 0.3) is 0 Å². The summed E-state index contributed by atoms with van der Waals surface area (Å²) in [5, 5.41) is 8.62. The number of hydrogen-bond donors (Lipinski definition) is 1. The quantitative estimate of drug-likeness (QED) is 0.613. The van der Waals surface area contributed by atoms with Crippen LogP contribution in [0.4, 0.5) is 0 Å². The van der Waals surface area contributed by atoms with Crippen molar-refractivity contribution in [3.05, 3.63) is 34.9 Å². The fraction of sp³-hybridized carbons (Fsp3) is 0.308. The predicted octanol–water partition coefficient (Wildman–Crippen LogP) is 1.69. The number of rotatable bonds is 6. The summed E-state index contributed by atoms with van der Waals surface area (Å²) in [5.74, 6) is -1.43. The molecule has 0 radical (unpaired) electrons. The molecular weight excluding hydrogens is 236 g/mol. The molecule has 0 aliphatic heterocycles. The first-order valence-corrected chi connectivity index (χ1v) is 5.55. The van der Waals surface area contributed by atoms with Crippen LogP contribution in [0.5, 0.6) is 0 Å². The van der Waals surface area contributed by atoms with Gasteiger partial charge in [0.2, 0.25) is 0 Å². The van der Waals surface area contributed by atoms with Crippen LogP contribution < -0.4 is 0 Å². The third-order valence-corrected chi connectivity index (χ3v) is 2.39. The maximum absolute atomic E-state index is 11.5. The molecule has 0 saturated heterocycles. The van der Waals surface area contributed by atoms with Gasteiger partial charge in [-0.3, -0.25) is 9.59 Å². The van der Waals surface area contributed by atoms with Crippen molar-refractivity contribution in [3.63, 3.8) is 0 Å². The van der Waals surface area contributed by atoms with Gasteiger partial charge >= 0.3 is 11.9 Å². The summed E-state index contributed by atoms with van der Waals surface area (Å²) in [5.41, 5.74) is 1.25. The zero-order valence-electron chi connectivity index (χ0n) is 10.0. The van der Waals surface area contributed by atoms with Gasteiger partial charge in [0.25, 0.3) is 0 Å². The van der Waals surface area contributed by atoms with E-state index in [0.717, 1.165) is 0 Å². The number of esters is 1. The van der Waals surface area contributed by atoms with Crippen molar-refractivity contribution >= 4 is 18.2 Å². The van der Waals surface area contributed by atoms with E-state index in [1.165, 1.54) is 18.2 Å². The number of carboxylic acids is 1. The predicted molar refractivity (Wildman–Crippen MR) is 63.7 cm³/mol. The Hall–Kier alpha value is -2.17. The van der Waals surface area contributed by atoms with E-state index in [4.69, 9.17) is 9.84 Å². The Morgan fingerprint density at radius 2 is 2.11 bits per heavy atom. The van der Waals surface area contributed by atoms with Gasteiger partial charge in [-0.05, 0) is 31.0 Å². The van der Waals surface area contributed by atoms with Gasteiger partial charge in [0.15, 0.2) is 0 Å². The van der Waals surface area contributed by atoms with Crippen LogP contribution in [0.15, 0.2) is 18.2 Å². The van der Waals surface area contributed by atoms with Gasteiger partial charge in [-0.15, -0.1) is 0 Å². The molecule has 0 heterocycles. The fourth-order valence-electron chi connectivity index (χ4n) is 1.52. The lowest BCUT2D eigenvalue weighted by Crippen LogP contribution is -2.07. The van der Waals surface area contributed by atoms with Crippen LogP contribution in [0.2, 0.25) is 0 Å². The lowest BCUT2D eigenvalue weighted by atomic mass is 10.0. The lowest BCUT2D eigenvalue weighted by Gasteiger charge is -2.07. The zero-order chi connectivity index (χ0) is 13.5. The van der Waals surface area contributed by atoms with E-state index in [-0.39, 0.29) is 19.4 Å². The topological polar surface area (TPSA) is 80.7 Å². The highest BCUT2D eigenvalue weighted by molar-refractivity contribution is 5.91. The molecule has 0 aromatic heterocycles. The molecule has 0 bridgehead atoms. The Kier molecular flexibility index (Phi) is 5.05. The molecule has 5 nitrogen and oxygen atoms in total. The molecule has 1 aromatic rings. The number of carbonyl (C=O) groups is 3. The van der Waals surface area contributed by atoms with E-state index in [9.17, 15) is 14.4 Å². The molecular formula is C13H14O5. The average molecular weight is 250 g/mol. The molecule has 0 aliphatic carbocycles. The van der Waals surface area contributed by atoms with Crippen LogP contribution in [0.3, 0.4) is 0 Å². The smallest absolute Gasteiger partial charge is 0.338 e. The average Bonchev–Trinajstić information content (AvgIpc) is 2.36. The van der Waals surface area contributed by atoms with Gasteiger partial charge in [-0.25, -0.2) is 4.79 Å². The maximum Gasteiger partial charge on any atom is 0.338 e. The largest absolute Gasteiger partial charge is 0.481 e. The monoisotopic (exact) mass is 250 g/mol. The third kappa shape index (κ3) is 3.69. The fourth-order valence-corrected chi connectivity index (χ4v) is 1.52. The second kappa shape index (κ2) is 6.54. The van der Waals surface area contributed by atoms with Crippen LogP contribution in [0, 0.1) is 0 Å². The van der Waals surface area contributed by atoms with Crippen molar-refractivity contribution in [1.82, 2.24) is 0 Å². The van der Waals surface area contributed by atoms with Gasteiger partial charge in [0.1, 0.15) is 6.29 Å². The maximum atomic E-state index is 11.5. The first-order valence-electron chi connectivity index (χ1n) is 5.55.